The Morgan fingerprint density at radius 2 is 1.75 bits per heavy atom. The van der Waals surface area contributed by atoms with E-state index in [1.807, 2.05) is 0 Å². The summed E-state index contributed by atoms with van der Waals surface area (Å²) in [5.41, 5.74) is 0.862. The maximum atomic E-state index is 12.4. The van der Waals surface area contributed by atoms with Gasteiger partial charge in [0.2, 0.25) is 0 Å². The third-order valence-electron chi connectivity index (χ3n) is 2.58. The molecular weight excluding hydrogens is 297 g/mol. The largest absolute Gasteiger partial charge is 0.414 e. The number of rotatable bonds is 6. The van der Waals surface area contributed by atoms with Gasteiger partial charge in [-0.2, -0.15) is 21.6 Å². The Bertz CT molecular complexity index is 523. The van der Waals surface area contributed by atoms with Gasteiger partial charge in [-0.1, -0.05) is 17.7 Å². The number of hydrogen-bond acceptors (Lipinski definition) is 4. The van der Waals surface area contributed by atoms with Gasteiger partial charge in [0.15, 0.2) is 6.10 Å². The molecule has 0 spiro atoms. The molecule has 0 fully saturated rings. The summed E-state index contributed by atoms with van der Waals surface area (Å²) in [4.78, 5) is -0.0934. The van der Waals surface area contributed by atoms with Crippen molar-refractivity contribution in [3.05, 3.63) is 29.8 Å². The van der Waals surface area contributed by atoms with Crippen molar-refractivity contribution in [2.45, 2.75) is 30.5 Å². The van der Waals surface area contributed by atoms with E-state index in [9.17, 15) is 21.6 Å². The smallest absolute Gasteiger partial charge is 0.372 e. The molecule has 0 bridgehead atoms. The van der Waals surface area contributed by atoms with Crippen LogP contribution in [0, 0.1) is 6.92 Å². The molecule has 1 rings (SSSR count). The first-order valence-corrected chi connectivity index (χ1v) is 7.13. The molecule has 114 valence electrons. The fraction of sp³-hybridized carbons (Fsp3) is 0.500. The SMILES string of the molecule is CO[C@@H](CCOS(=O)(=O)c1ccc(C)cc1)C(F)(F)F. The Kier molecular flexibility index (Phi) is 5.55. The summed E-state index contributed by atoms with van der Waals surface area (Å²) in [6.45, 7) is 1.18. The molecule has 0 heterocycles. The second-order valence-electron chi connectivity index (χ2n) is 4.14. The summed E-state index contributed by atoms with van der Waals surface area (Å²) in [6, 6.07) is 5.82. The van der Waals surface area contributed by atoms with E-state index in [2.05, 4.69) is 8.92 Å². The third kappa shape index (κ3) is 4.77. The van der Waals surface area contributed by atoms with Crippen molar-refractivity contribution < 1.29 is 30.5 Å². The van der Waals surface area contributed by atoms with Crippen LogP contribution in [0.15, 0.2) is 29.2 Å². The highest BCUT2D eigenvalue weighted by Gasteiger charge is 2.39. The minimum Gasteiger partial charge on any atom is -0.372 e. The molecule has 0 saturated heterocycles. The van der Waals surface area contributed by atoms with Gasteiger partial charge >= 0.3 is 6.18 Å². The monoisotopic (exact) mass is 312 g/mol. The lowest BCUT2D eigenvalue weighted by Crippen LogP contribution is -2.32. The molecule has 1 aromatic carbocycles. The molecule has 0 radical (unpaired) electrons. The Balaban J connectivity index is 2.62. The van der Waals surface area contributed by atoms with Gasteiger partial charge in [-0.15, -0.1) is 0 Å². The van der Waals surface area contributed by atoms with Crippen LogP contribution < -0.4 is 0 Å². The first-order chi connectivity index (χ1) is 9.16. The van der Waals surface area contributed by atoms with Crippen molar-refractivity contribution in [1.82, 2.24) is 0 Å². The van der Waals surface area contributed by atoms with Crippen molar-refractivity contribution in [2.75, 3.05) is 13.7 Å². The van der Waals surface area contributed by atoms with Crippen molar-refractivity contribution in [3.8, 4) is 0 Å². The average molecular weight is 312 g/mol. The number of halogens is 3. The number of aryl methyl sites for hydroxylation is 1. The lowest BCUT2D eigenvalue weighted by atomic mass is 10.2. The molecule has 0 amide bonds. The number of ether oxygens (including phenoxy) is 1. The molecule has 1 aromatic rings. The van der Waals surface area contributed by atoms with Crippen molar-refractivity contribution in [3.63, 3.8) is 0 Å². The van der Waals surface area contributed by atoms with E-state index >= 15 is 0 Å². The fourth-order valence-corrected chi connectivity index (χ4v) is 2.37. The molecule has 0 aromatic heterocycles. The van der Waals surface area contributed by atoms with Crippen LogP contribution in [-0.2, 0) is 19.0 Å². The molecule has 0 aliphatic heterocycles. The quantitative estimate of drug-likeness (QED) is 0.758. The van der Waals surface area contributed by atoms with E-state index in [4.69, 9.17) is 0 Å². The Morgan fingerprint density at radius 1 is 1.20 bits per heavy atom. The molecule has 0 unspecified atom stereocenters. The van der Waals surface area contributed by atoms with E-state index in [1.165, 1.54) is 12.1 Å². The highest BCUT2D eigenvalue weighted by Crippen LogP contribution is 2.25. The number of hydrogen-bond donors (Lipinski definition) is 0. The lowest BCUT2D eigenvalue weighted by molar-refractivity contribution is -0.215. The fourth-order valence-electron chi connectivity index (χ4n) is 1.45. The number of alkyl halides is 3. The molecule has 0 saturated carbocycles. The molecule has 4 nitrogen and oxygen atoms in total. The predicted octanol–water partition coefficient (Wildman–Crippen LogP) is 2.67. The summed E-state index contributed by atoms with van der Waals surface area (Å²) in [7, 11) is -3.14. The Labute approximate surface area is 115 Å². The van der Waals surface area contributed by atoms with Crippen LogP contribution in [0.5, 0.6) is 0 Å². The Morgan fingerprint density at radius 3 is 2.20 bits per heavy atom. The highest BCUT2D eigenvalue weighted by atomic mass is 32.2. The van der Waals surface area contributed by atoms with Crippen molar-refractivity contribution in [2.24, 2.45) is 0 Å². The first-order valence-electron chi connectivity index (χ1n) is 5.72. The molecule has 0 N–H and O–H groups in total. The van der Waals surface area contributed by atoms with Crippen LogP contribution in [0.2, 0.25) is 0 Å². The topological polar surface area (TPSA) is 52.6 Å². The zero-order valence-corrected chi connectivity index (χ0v) is 11.8. The minimum atomic E-state index is -4.55. The van der Waals surface area contributed by atoms with Crippen LogP contribution >= 0.6 is 0 Å². The molecule has 0 aliphatic rings. The third-order valence-corrected chi connectivity index (χ3v) is 3.90. The summed E-state index contributed by atoms with van der Waals surface area (Å²) >= 11 is 0. The van der Waals surface area contributed by atoms with E-state index in [0.29, 0.717) is 0 Å². The van der Waals surface area contributed by atoms with Crippen LogP contribution in [0.25, 0.3) is 0 Å². The van der Waals surface area contributed by atoms with Gasteiger partial charge in [0, 0.05) is 13.5 Å². The van der Waals surface area contributed by atoms with Gasteiger partial charge in [0.05, 0.1) is 11.5 Å². The zero-order valence-electron chi connectivity index (χ0n) is 11.0. The highest BCUT2D eigenvalue weighted by molar-refractivity contribution is 7.86. The summed E-state index contributed by atoms with van der Waals surface area (Å²) in [6.07, 6.45) is -7.19. The maximum Gasteiger partial charge on any atom is 0.414 e. The number of benzene rings is 1. The second kappa shape index (κ2) is 6.55. The normalized spacial score (nSPS) is 14.2. The molecule has 8 heteroatoms. The first kappa shape index (κ1) is 16.9. The second-order valence-corrected chi connectivity index (χ2v) is 5.76. The van der Waals surface area contributed by atoms with Crippen LogP contribution in [0.3, 0.4) is 0 Å². The van der Waals surface area contributed by atoms with Crippen LogP contribution in [0.4, 0.5) is 13.2 Å². The molecule has 20 heavy (non-hydrogen) atoms. The lowest BCUT2D eigenvalue weighted by Gasteiger charge is -2.18. The van der Waals surface area contributed by atoms with Crippen molar-refractivity contribution in [1.29, 1.82) is 0 Å². The van der Waals surface area contributed by atoms with Gasteiger partial charge in [0.1, 0.15) is 0 Å². The van der Waals surface area contributed by atoms with Crippen LogP contribution in [0.1, 0.15) is 12.0 Å². The minimum absolute atomic E-state index is 0.0934. The molecule has 0 aliphatic carbocycles. The maximum absolute atomic E-state index is 12.4. The number of methoxy groups -OCH3 is 1. The molecule has 1 atom stereocenters. The van der Waals surface area contributed by atoms with E-state index < -0.39 is 35.4 Å². The molecular formula is C12H15F3O4S. The Hall–Kier alpha value is -1.12. The summed E-state index contributed by atoms with van der Waals surface area (Å²) in [5.74, 6) is 0. The van der Waals surface area contributed by atoms with Gasteiger partial charge in [-0.3, -0.25) is 4.18 Å². The summed E-state index contributed by atoms with van der Waals surface area (Å²) < 4.78 is 69.4. The van der Waals surface area contributed by atoms with Gasteiger partial charge in [0.25, 0.3) is 10.1 Å². The van der Waals surface area contributed by atoms with E-state index in [-0.39, 0.29) is 4.90 Å². The summed E-state index contributed by atoms with van der Waals surface area (Å²) in [5, 5.41) is 0. The van der Waals surface area contributed by atoms with E-state index in [1.54, 1.807) is 19.1 Å². The van der Waals surface area contributed by atoms with Gasteiger partial charge < -0.3 is 4.74 Å². The van der Waals surface area contributed by atoms with Gasteiger partial charge in [-0.25, -0.2) is 0 Å². The van der Waals surface area contributed by atoms with Gasteiger partial charge in [-0.05, 0) is 19.1 Å². The predicted molar refractivity (Wildman–Crippen MR) is 65.8 cm³/mol. The standard InChI is InChI=1S/C12H15F3O4S/c1-9-3-5-10(6-4-9)20(16,17)19-8-7-11(18-2)12(13,14)15/h3-6,11H,7-8H2,1-2H3/t11-/m0/s1. The zero-order chi connectivity index (χ0) is 15.4. The van der Waals surface area contributed by atoms with Crippen LogP contribution in [-0.4, -0.2) is 34.4 Å². The average Bonchev–Trinajstić information content (AvgIpc) is 2.33. The van der Waals surface area contributed by atoms with Crippen molar-refractivity contribution >= 4 is 10.1 Å². The van der Waals surface area contributed by atoms with E-state index in [0.717, 1.165) is 12.7 Å².